The van der Waals surface area contributed by atoms with E-state index in [2.05, 4.69) is 16.0 Å². The molecule has 2 aliphatic heterocycles. The van der Waals surface area contributed by atoms with Gasteiger partial charge in [0.15, 0.2) is 0 Å². The lowest BCUT2D eigenvalue weighted by atomic mass is 10.0. The number of piperidine rings is 1. The van der Waals surface area contributed by atoms with Crippen LogP contribution in [-0.4, -0.2) is 45.8 Å². The Bertz CT molecular complexity index is 1140. The first-order valence-electron chi connectivity index (χ1n) is 10.4. The summed E-state index contributed by atoms with van der Waals surface area (Å²) in [5.74, 6) is -1.96. The van der Waals surface area contributed by atoms with Crippen molar-refractivity contribution in [2.45, 2.75) is 38.4 Å². The van der Waals surface area contributed by atoms with E-state index in [0.29, 0.717) is 23.2 Å². The smallest absolute Gasteiger partial charge is 0.319 e. The fourth-order valence-electron chi connectivity index (χ4n) is 3.98. The molecule has 0 spiro atoms. The van der Waals surface area contributed by atoms with E-state index in [1.54, 1.807) is 36.4 Å². The maximum atomic E-state index is 12.7. The molecule has 170 valence electrons. The molecule has 1 fully saturated rings. The number of rotatable bonds is 6. The van der Waals surface area contributed by atoms with E-state index in [1.165, 1.54) is 4.90 Å². The van der Waals surface area contributed by atoms with Crippen LogP contribution in [0.25, 0.3) is 0 Å². The average molecular weight is 450 g/mol. The van der Waals surface area contributed by atoms with Gasteiger partial charge in [0.05, 0.1) is 6.42 Å². The van der Waals surface area contributed by atoms with Crippen LogP contribution in [-0.2, 0) is 33.9 Å². The van der Waals surface area contributed by atoms with E-state index < -0.39 is 23.9 Å². The van der Waals surface area contributed by atoms with Gasteiger partial charge in [-0.3, -0.25) is 24.5 Å². The summed E-state index contributed by atoms with van der Waals surface area (Å²) in [5.41, 5.74) is 3.22. The van der Waals surface area contributed by atoms with E-state index in [-0.39, 0.29) is 37.7 Å². The number of amides is 5. The van der Waals surface area contributed by atoms with Gasteiger partial charge in [-0.1, -0.05) is 24.3 Å². The fraction of sp³-hybridized carbons (Fsp3) is 0.261. The van der Waals surface area contributed by atoms with Crippen molar-refractivity contribution < 1.29 is 29.1 Å². The van der Waals surface area contributed by atoms with E-state index in [1.807, 2.05) is 6.07 Å². The fourth-order valence-corrected chi connectivity index (χ4v) is 3.98. The number of carbonyl (C=O) groups excluding carboxylic acids is 4. The highest BCUT2D eigenvalue weighted by Gasteiger charge is 2.39. The van der Waals surface area contributed by atoms with E-state index in [9.17, 15) is 24.0 Å². The van der Waals surface area contributed by atoms with Gasteiger partial charge in [-0.05, 0) is 41.3 Å². The van der Waals surface area contributed by atoms with Gasteiger partial charge in [-0.2, -0.15) is 0 Å². The van der Waals surface area contributed by atoms with E-state index in [4.69, 9.17) is 5.11 Å². The quantitative estimate of drug-likeness (QED) is 0.490. The van der Waals surface area contributed by atoms with Gasteiger partial charge in [-0.15, -0.1) is 0 Å². The first-order valence-corrected chi connectivity index (χ1v) is 10.4. The summed E-state index contributed by atoms with van der Waals surface area (Å²) in [7, 11) is 0. The van der Waals surface area contributed by atoms with Crippen LogP contribution in [0.4, 0.5) is 10.5 Å². The summed E-state index contributed by atoms with van der Waals surface area (Å²) >= 11 is 0. The zero-order valence-corrected chi connectivity index (χ0v) is 17.6. The molecule has 0 radical (unpaired) electrons. The normalized spacial score (nSPS) is 17.4. The van der Waals surface area contributed by atoms with Crippen LogP contribution >= 0.6 is 0 Å². The van der Waals surface area contributed by atoms with E-state index in [0.717, 1.165) is 11.1 Å². The molecule has 5 amide bonds. The number of imide groups is 1. The molecule has 4 N–H and O–H groups in total. The number of carboxylic acids is 1. The Balaban J connectivity index is 1.33. The number of hydrogen-bond acceptors (Lipinski definition) is 5. The predicted octanol–water partition coefficient (Wildman–Crippen LogP) is 1.40. The number of carbonyl (C=O) groups is 5. The molecule has 2 aromatic carbocycles. The molecule has 1 atom stereocenters. The highest BCUT2D eigenvalue weighted by Crippen LogP contribution is 2.28. The maximum absolute atomic E-state index is 12.7. The monoisotopic (exact) mass is 450 g/mol. The zero-order chi connectivity index (χ0) is 23.5. The van der Waals surface area contributed by atoms with E-state index >= 15 is 0 Å². The summed E-state index contributed by atoms with van der Waals surface area (Å²) in [6.07, 6.45) is 0.410. The molecule has 33 heavy (non-hydrogen) atoms. The van der Waals surface area contributed by atoms with Gasteiger partial charge in [0.25, 0.3) is 5.91 Å². The summed E-state index contributed by atoms with van der Waals surface area (Å²) < 4.78 is 0. The van der Waals surface area contributed by atoms with Crippen molar-refractivity contribution in [2.24, 2.45) is 0 Å². The molecule has 10 nitrogen and oxygen atoms in total. The SMILES string of the molecule is O=C(O)Cc1ccc(NC(=O)NCc2ccc3c(c2)CN(C2CCC(=O)NC2=O)C3=O)cc1. The van der Waals surface area contributed by atoms with Gasteiger partial charge in [-0.25, -0.2) is 4.79 Å². The molecule has 0 aromatic heterocycles. The van der Waals surface area contributed by atoms with Gasteiger partial charge in [0, 0.05) is 30.8 Å². The Morgan fingerprint density at radius 1 is 1.06 bits per heavy atom. The highest BCUT2D eigenvalue weighted by atomic mass is 16.4. The third-order valence-corrected chi connectivity index (χ3v) is 5.61. The number of anilines is 1. The average Bonchev–Trinajstić information content (AvgIpc) is 3.09. The van der Waals surface area contributed by atoms with Crippen LogP contribution in [0.15, 0.2) is 42.5 Å². The lowest BCUT2D eigenvalue weighted by molar-refractivity contribution is -0.137. The third kappa shape index (κ3) is 5.00. The van der Waals surface area contributed by atoms with Gasteiger partial charge in [0.2, 0.25) is 11.8 Å². The largest absolute Gasteiger partial charge is 0.481 e. The molecule has 0 aliphatic carbocycles. The standard InChI is InChI=1S/C23H22N4O6/c28-19-8-7-18(21(31)26-19)27-12-15-9-14(3-6-17(15)22(27)32)11-24-23(33)25-16-4-1-13(2-5-16)10-20(29)30/h1-6,9,18H,7-8,10-12H2,(H,29,30)(H2,24,25,33)(H,26,28,31). The number of fused-ring (bicyclic) bond motifs is 1. The minimum Gasteiger partial charge on any atom is -0.481 e. The minimum absolute atomic E-state index is 0.0890. The first kappa shape index (κ1) is 22.0. The molecule has 2 aliphatic rings. The van der Waals surface area contributed by atoms with Crippen molar-refractivity contribution in [1.82, 2.24) is 15.5 Å². The van der Waals surface area contributed by atoms with Crippen LogP contribution in [0.1, 0.15) is 39.9 Å². The number of benzene rings is 2. The van der Waals surface area contributed by atoms with Crippen LogP contribution < -0.4 is 16.0 Å². The molecule has 2 heterocycles. The molecule has 0 saturated carbocycles. The molecule has 0 bridgehead atoms. The Hall–Kier alpha value is -4.21. The number of nitrogens with zero attached hydrogens (tertiary/aromatic N) is 1. The molecule has 2 aromatic rings. The Morgan fingerprint density at radius 2 is 1.79 bits per heavy atom. The Kier molecular flexibility index (Phi) is 6.07. The molecule has 1 saturated heterocycles. The topological polar surface area (TPSA) is 145 Å². The number of hydrogen-bond donors (Lipinski definition) is 4. The lowest BCUT2D eigenvalue weighted by Gasteiger charge is -2.29. The van der Waals surface area contributed by atoms with Gasteiger partial charge < -0.3 is 20.6 Å². The van der Waals surface area contributed by atoms with Crippen LogP contribution in [0.2, 0.25) is 0 Å². The number of nitrogens with one attached hydrogen (secondary N) is 3. The number of carboxylic acid groups (broad SMARTS) is 1. The molecular formula is C23H22N4O6. The van der Waals surface area contributed by atoms with Gasteiger partial charge >= 0.3 is 12.0 Å². The Labute approximate surface area is 189 Å². The predicted molar refractivity (Wildman–Crippen MR) is 116 cm³/mol. The lowest BCUT2D eigenvalue weighted by Crippen LogP contribution is -2.52. The van der Waals surface area contributed by atoms with Crippen molar-refractivity contribution in [3.05, 3.63) is 64.7 Å². The second-order valence-electron chi connectivity index (χ2n) is 7.97. The van der Waals surface area contributed by atoms with Crippen LogP contribution in [0.3, 0.4) is 0 Å². The highest BCUT2D eigenvalue weighted by molar-refractivity contribution is 6.05. The zero-order valence-electron chi connectivity index (χ0n) is 17.6. The molecule has 1 unspecified atom stereocenters. The third-order valence-electron chi connectivity index (χ3n) is 5.61. The number of urea groups is 1. The van der Waals surface area contributed by atoms with Crippen molar-refractivity contribution in [3.63, 3.8) is 0 Å². The minimum atomic E-state index is -0.926. The second kappa shape index (κ2) is 9.11. The first-order chi connectivity index (χ1) is 15.8. The molecule has 4 rings (SSSR count). The number of aliphatic carboxylic acids is 1. The summed E-state index contributed by atoms with van der Waals surface area (Å²) in [4.78, 5) is 60.7. The van der Waals surface area contributed by atoms with Crippen molar-refractivity contribution in [3.8, 4) is 0 Å². The summed E-state index contributed by atoms with van der Waals surface area (Å²) in [5, 5.41) is 16.5. The van der Waals surface area contributed by atoms with Gasteiger partial charge in [0.1, 0.15) is 6.04 Å². The molecular weight excluding hydrogens is 428 g/mol. The molecule has 10 heteroatoms. The summed E-state index contributed by atoms with van der Waals surface area (Å²) in [6, 6.07) is 10.7. The summed E-state index contributed by atoms with van der Waals surface area (Å²) in [6.45, 7) is 0.492. The van der Waals surface area contributed by atoms with Crippen molar-refractivity contribution in [1.29, 1.82) is 0 Å². The second-order valence-corrected chi connectivity index (χ2v) is 7.97. The van der Waals surface area contributed by atoms with Crippen molar-refractivity contribution >= 4 is 35.4 Å². The van der Waals surface area contributed by atoms with Crippen LogP contribution in [0.5, 0.6) is 0 Å². The maximum Gasteiger partial charge on any atom is 0.319 e. The Morgan fingerprint density at radius 3 is 2.48 bits per heavy atom. The van der Waals surface area contributed by atoms with Crippen LogP contribution in [0, 0.1) is 0 Å². The van der Waals surface area contributed by atoms with Crippen molar-refractivity contribution in [2.75, 3.05) is 5.32 Å².